The molecule has 1 N–H and O–H groups in total. The molecule has 1 amide bonds. The Morgan fingerprint density at radius 2 is 2.27 bits per heavy atom. The van der Waals surface area contributed by atoms with E-state index in [0.29, 0.717) is 16.7 Å². The highest BCUT2D eigenvalue weighted by Gasteiger charge is 2.28. The first-order chi connectivity index (χ1) is 12.6. The molecule has 3 aromatic rings. The minimum Gasteiger partial charge on any atom is -0.465 e. The zero-order valence-electron chi connectivity index (χ0n) is 14.8. The van der Waals surface area contributed by atoms with Gasteiger partial charge in [0.05, 0.1) is 17.6 Å². The Morgan fingerprint density at radius 1 is 1.38 bits per heavy atom. The van der Waals surface area contributed by atoms with Crippen LogP contribution >= 0.6 is 11.3 Å². The van der Waals surface area contributed by atoms with Gasteiger partial charge in [-0.05, 0) is 50.6 Å². The highest BCUT2D eigenvalue weighted by molar-refractivity contribution is 7.14. The van der Waals surface area contributed by atoms with Crippen LogP contribution < -0.4 is 5.32 Å². The van der Waals surface area contributed by atoms with Crippen LogP contribution in [0.3, 0.4) is 0 Å². The number of hydrogen-bond donors (Lipinski definition) is 1. The zero-order valence-corrected chi connectivity index (χ0v) is 15.6. The number of aromatic nitrogens is 3. The second-order valence-corrected chi connectivity index (χ2v) is 7.63. The van der Waals surface area contributed by atoms with Crippen LogP contribution in [0.4, 0.5) is 5.82 Å². The molecule has 0 aromatic carbocycles. The van der Waals surface area contributed by atoms with Gasteiger partial charge in [0.1, 0.15) is 11.5 Å². The van der Waals surface area contributed by atoms with Gasteiger partial charge in [-0.15, -0.1) is 16.4 Å². The van der Waals surface area contributed by atoms with E-state index in [9.17, 15) is 4.79 Å². The first-order valence-electron chi connectivity index (χ1n) is 8.65. The van der Waals surface area contributed by atoms with Crippen LogP contribution in [-0.2, 0) is 13.6 Å². The molecule has 4 rings (SSSR count). The predicted molar refractivity (Wildman–Crippen MR) is 99.1 cm³/mol. The summed E-state index contributed by atoms with van der Waals surface area (Å²) < 4.78 is 5.72. The van der Waals surface area contributed by atoms with Gasteiger partial charge >= 0.3 is 0 Å². The molecule has 136 valence electrons. The van der Waals surface area contributed by atoms with Crippen LogP contribution in [0.2, 0.25) is 0 Å². The maximum absolute atomic E-state index is 12.4. The molecule has 4 heterocycles. The first kappa shape index (κ1) is 17.0. The summed E-state index contributed by atoms with van der Waals surface area (Å²) in [5, 5.41) is 10.8. The minimum absolute atomic E-state index is 0.145. The number of carbonyl (C=O) groups is 1. The first-order valence-corrected chi connectivity index (χ1v) is 9.47. The number of carbonyl (C=O) groups excluding carboxylic acids is 1. The summed E-state index contributed by atoms with van der Waals surface area (Å²) in [6.45, 7) is 3.81. The van der Waals surface area contributed by atoms with Crippen molar-refractivity contribution in [3.8, 4) is 0 Å². The fraction of sp³-hybridized carbons (Fsp3) is 0.389. The number of likely N-dealkylation sites (tertiary alicyclic amines) is 1. The Morgan fingerprint density at radius 3 is 3.00 bits per heavy atom. The molecule has 1 atom stereocenters. The molecule has 0 saturated carbocycles. The molecule has 26 heavy (non-hydrogen) atoms. The molecular formula is C18H21N5O2S. The molecular weight excluding hydrogens is 350 g/mol. The smallest absolute Gasteiger partial charge is 0.266 e. The highest BCUT2D eigenvalue weighted by atomic mass is 32.1. The fourth-order valence-electron chi connectivity index (χ4n) is 3.34. The molecule has 7 nitrogen and oxygen atoms in total. The minimum atomic E-state index is -0.145. The van der Waals surface area contributed by atoms with Crippen molar-refractivity contribution in [2.45, 2.75) is 32.4 Å². The van der Waals surface area contributed by atoms with Gasteiger partial charge in [0, 0.05) is 18.0 Å². The largest absolute Gasteiger partial charge is 0.465 e. The summed E-state index contributed by atoms with van der Waals surface area (Å²) >= 11 is 1.54. The third kappa shape index (κ3) is 3.56. The van der Waals surface area contributed by atoms with Crippen molar-refractivity contribution in [1.82, 2.24) is 19.9 Å². The lowest BCUT2D eigenvalue weighted by Gasteiger charge is -2.22. The van der Waals surface area contributed by atoms with Crippen molar-refractivity contribution < 1.29 is 9.21 Å². The van der Waals surface area contributed by atoms with E-state index < -0.39 is 0 Å². The normalized spacial score (nSPS) is 17.7. The lowest BCUT2D eigenvalue weighted by atomic mass is 10.2. The number of amides is 1. The topological polar surface area (TPSA) is 76.2 Å². The molecule has 0 spiro atoms. The Bertz CT molecular complexity index is 912. The second kappa shape index (κ2) is 7.05. The molecule has 0 aliphatic carbocycles. The summed E-state index contributed by atoms with van der Waals surface area (Å²) in [4.78, 5) is 18.2. The Kier molecular flexibility index (Phi) is 4.60. The van der Waals surface area contributed by atoms with Crippen LogP contribution in [0.25, 0.3) is 0 Å². The highest BCUT2D eigenvalue weighted by Crippen LogP contribution is 2.37. The van der Waals surface area contributed by atoms with Gasteiger partial charge in [0.15, 0.2) is 5.82 Å². The molecule has 1 saturated heterocycles. The number of hydrogen-bond acceptors (Lipinski definition) is 6. The van der Waals surface area contributed by atoms with Gasteiger partial charge in [0.2, 0.25) is 0 Å². The SMILES string of the molecule is Cc1ccc(CN2CCCC2c2ccc(C(=O)Nc3cnn(C)n3)s2)o1. The third-order valence-electron chi connectivity index (χ3n) is 4.54. The summed E-state index contributed by atoms with van der Waals surface area (Å²) in [6, 6.07) is 8.33. The lowest BCUT2D eigenvalue weighted by Crippen LogP contribution is -2.21. The van der Waals surface area contributed by atoms with Gasteiger partial charge in [-0.1, -0.05) is 0 Å². The number of nitrogens with zero attached hydrogens (tertiary/aromatic N) is 4. The number of rotatable bonds is 5. The number of anilines is 1. The van der Waals surface area contributed by atoms with Crippen molar-refractivity contribution in [3.63, 3.8) is 0 Å². The molecule has 1 aliphatic heterocycles. The Balaban J connectivity index is 1.45. The number of furan rings is 1. The van der Waals surface area contributed by atoms with E-state index in [0.717, 1.165) is 37.5 Å². The standard InChI is InChI=1S/C18H21N5O2S/c1-12-5-6-13(25-12)11-23-9-3-4-14(23)15-7-8-16(26-15)18(24)20-17-10-19-22(2)21-17/h5-8,10,14H,3-4,9,11H2,1-2H3,(H,20,21,24). The second-order valence-electron chi connectivity index (χ2n) is 6.52. The van der Waals surface area contributed by atoms with E-state index in [1.54, 1.807) is 18.4 Å². The Labute approximate surface area is 155 Å². The van der Waals surface area contributed by atoms with Crippen LogP contribution in [0, 0.1) is 6.92 Å². The summed E-state index contributed by atoms with van der Waals surface area (Å²) in [5.41, 5.74) is 0. The third-order valence-corrected chi connectivity index (χ3v) is 5.72. The van der Waals surface area contributed by atoms with Gasteiger partial charge in [-0.3, -0.25) is 9.69 Å². The van der Waals surface area contributed by atoms with Crippen molar-refractivity contribution in [1.29, 1.82) is 0 Å². The van der Waals surface area contributed by atoms with Crippen molar-refractivity contribution >= 4 is 23.1 Å². The molecule has 0 bridgehead atoms. The molecule has 3 aromatic heterocycles. The maximum Gasteiger partial charge on any atom is 0.266 e. The van der Waals surface area contributed by atoms with Crippen molar-refractivity contribution in [3.05, 3.63) is 51.7 Å². The maximum atomic E-state index is 12.4. The summed E-state index contributed by atoms with van der Waals surface area (Å²) in [6.07, 6.45) is 3.80. The van der Waals surface area contributed by atoms with Gasteiger partial charge in [-0.25, -0.2) is 0 Å². The zero-order chi connectivity index (χ0) is 18.1. The fourth-order valence-corrected chi connectivity index (χ4v) is 4.42. The van der Waals surface area contributed by atoms with E-state index in [4.69, 9.17) is 4.42 Å². The molecule has 1 fully saturated rings. The van der Waals surface area contributed by atoms with E-state index in [2.05, 4.69) is 26.5 Å². The monoisotopic (exact) mass is 371 g/mol. The van der Waals surface area contributed by atoms with Gasteiger partial charge in [-0.2, -0.15) is 9.90 Å². The van der Waals surface area contributed by atoms with E-state index in [-0.39, 0.29) is 5.91 Å². The summed E-state index contributed by atoms with van der Waals surface area (Å²) in [5.74, 6) is 2.25. The Hall–Kier alpha value is -2.45. The van der Waals surface area contributed by atoms with Crippen LogP contribution in [0.1, 0.15) is 45.0 Å². The van der Waals surface area contributed by atoms with Crippen molar-refractivity contribution in [2.75, 3.05) is 11.9 Å². The van der Waals surface area contributed by atoms with Crippen molar-refractivity contribution in [2.24, 2.45) is 7.05 Å². The van der Waals surface area contributed by atoms with E-state index >= 15 is 0 Å². The number of thiophene rings is 1. The number of nitrogens with one attached hydrogen (secondary N) is 1. The van der Waals surface area contributed by atoms with Gasteiger partial charge < -0.3 is 9.73 Å². The lowest BCUT2D eigenvalue weighted by molar-refractivity contribution is 0.103. The average molecular weight is 371 g/mol. The van der Waals surface area contributed by atoms with E-state index in [1.165, 1.54) is 15.9 Å². The molecule has 8 heteroatoms. The van der Waals surface area contributed by atoms with Gasteiger partial charge in [0.25, 0.3) is 5.91 Å². The average Bonchev–Trinajstić information content (AvgIpc) is 3.36. The quantitative estimate of drug-likeness (QED) is 0.744. The predicted octanol–water partition coefficient (Wildman–Crippen LogP) is 3.37. The van der Waals surface area contributed by atoms with Crippen LogP contribution in [0.5, 0.6) is 0 Å². The van der Waals surface area contributed by atoms with Crippen LogP contribution in [-0.4, -0.2) is 32.3 Å². The molecule has 1 aliphatic rings. The van der Waals surface area contributed by atoms with E-state index in [1.807, 2.05) is 25.1 Å². The molecule has 1 unspecified atom stereocenters. The van der Waals surface area contributed by atoms with Crippen LogP contribution in [0.15, 0.2) is 34.9 Å². The molecule has 0 radical (unpaired) electrons. The summed E-state index contributed by atoms with van der Waals surface area (Å²) in [7, 11) is 1.72. The number of aryl methyl sites for hydroxylation is 2.